The van der Waals surface area contributed by atoms with Crippen molar-refractivity contribution in [3.63, 3.8) is 0 Å². The molecule has 0 radical (unpaired) electrons. The molecule has 0 bridgehead atoms. The summed E-state index contributed by atoms with van der Waals surface area (Å²) in [6.45, 7) is 1.61. The Morgan fingerprint density at radius 2 is 2.19 bits per heavy atom. The van der Waals surface area contributed by atoms with Gasteiger partial charge in [0.1, 0.15) is 6.61 Å². The lowest BCUT2D eigenvalue weighted by Gasteiger charge is -2.29. The monoisotopic (exact) mass is 224 g/mol. The molecule has 90 valence electrons. The third-order valence-corrected chi connectivity index (χ3v) is 3.28. The van der Waals surface area contributed by atoms with Gasteiger partial charge in [-0.2, -0.15) is 0 Å². The van der Waals surface area contributed by atoms with Crippen LogP contribution in [0, 0.1) is 23.7 Å². The molecule has 0 aromatic heterocycles. The SMILES string of the molecule is OCC1CC(C#CCOC2CCCCO2)C1. The first-order chi connectivity index (χ1) is 7.88. The predicted molar refractivity (Wildman–Crippen MR) is 60.6 cm³/mol. The second kappa shape index (κ2) is 6.24. The Morgan fingerprint density at radius 3 is 2.88 bits per heavy atom. The van der Waals surface area contributed by atoms with Crippen molar-refractivity contribution in [3.8, 4) is 11.8 Å². The summed E-state index contributed by atoms with van der Waals surface area (Å²) in [6, 6.07) is 0. The van der Waals surface area contributed by atoms with Gasteiger partial charge in [-0.1, -0.05) is 11.8 Å². The minimum Gasteiger partial charge on any atom is -0.396 e. The first-order valence-corrected chi connectivity index (χ1v) is 6.21. The van der Waals surface area contributed by atoms with Gasteiger partial charge in [0, 0.05) is 19.1 Å². The Bertz CT molecular complexity index is 254. The molecule has 1 heterocycles. The summed E-state index contributed by atoms with van der Waals surface area (Å²) in [5.41, 5.74) is 0. The molecule has 1 saturated carbocycles. The summed E-state index contributed by atoms with van der Waals surface area (Å²) < 4.78 is 10.9. The van der Waals surface area contributed by atoms with E-state index >= 15 is 0 Å². The molecule has 0 spiro atoms. The van der Waals surface area contributed by atoms with Crippen molar-refractivity contribution in [3.05, 3.63) is 0 Å². The third kappa shape index (κ3) is 3.48. The molecule has 16 heavy (non-hydrogen) atoms. The van der Waals surface area contributed by atoms with Gasteiger partial charge in [-0.25, -0.2) is 0 Å². The molecule has 3 nitrogen and oxygen atoms in total. The molecule has 1 atom stereocenters. The highest BCUT2D eigenvalue weighted by atomic mass is 16.7. The molecule has 1 saturated heterocycles. The Labute approximate surface area is 97.1 Å². The molecule has 2 fully saturated rings. The standard InChI is InChI=1S/C13H20O3/c14-10-12-8-11(9-12)4-3-7-16-13-5-1-2-6-15-13/h11-14H,1-2,5-10H2. The van der Waals surface area contributed by atoms with E-state index in [2.05, 4.69) is 11.8 Å². The average molecular weight is 224 g/mol. The van der Waals surface area contributed by atoms with E-state index in [1.54, 1.807) is 0 Å². The quantitative estimate of drug-likeness (QED) is 0.739. The van der Waals surface area contributed by atoms with E-state index in [0.29, 0.717) is 25.0 Å². The summed E-state index contributed by atoms with van der Waals surface area (Å²) in [7, 11) is 0. The van der Waals surface area contributed by atoms with Crippen molar-refractivity contribution in [1.29, 1.82) is 0 Å². The van der Waals surface area contributed by atoms with Gasteiger partial charge in [0.2, 0.25) is 0 Å². The maximum atomic E-state index is 8.86. The van der Waals surface area contributed by atoms with Gasteiger partial charge in [0.25, 0.3) is 0 Å². The molecule has 2 aliphatic rings. The lowest BCUT2D eigenvalue weighted by Crippen LogP contribution is -2.25. The van der Waals surface area contributed by atoms with Gasteiger partial charge in [0.05, 0.1) is 0 Å². The zero-order valence-electron chi connectivity index (χ0n) is 9.65. The Morgan fingerprint density at radius 1 is 1.31 bits per heavy atom. The molecule has 1 aliphatic carbocycles. The number of aliphatic hydroxyl groups excluding tert-OH is 1. The highest BCUT2D eigenvalue weighted by molar-refractivity contribution is 5.08. The van der Waals surface area contributed by atoms with E-state index < -0.39 is 0 Å². The van der Waals surface area contributed by atoms with Crippen LogP contribution in [0.25, 0.3) is 0 Å². The molecule has 1 unspecified atom stereocenters. The van der Waals surface area contributed by atoms with E-state index in [1.165, 1.54) is 6.42 Å². The van der Waals surface area contributed by atoms with Gasteiger partial charge in [0.15, 0.2) is 6.29 Å². The lowest BCUT2D eigenvalue weighted by atomic mass is 9.76. The second-order valence-corrected chi connectivity index (χ2v) is 4.65. The van der Waals surface area contributed by atoms with Crippen LogP contribution in [0.1, 0.15) is 32.1 Å². The van der Waals surface area contributed by atoms with Crippen LogP contribution in [0.5, 0.6) is 0 Å². The predicted octanol–water partition coefficient (Wildman–Crippen LogP) is 1.55. The van der Waals surface area contributed by atoms with E-state index in [9.17, 15) is 0 Å². The topological polar surface area (TPSA) is 38.7 Å². The highest BCUT2D eigenvalue weighted by Gasteiger charge is 2.26. The Kier molecular flexibility index (Phi) is 4.65. The van der Waals surface area contributed by atoms with Crippen LogP contribution < -0.4 is 0 Å². The van der Waals surface area contributed by atoms with Gasteiger partial charge in [-0.05, 0) is 38.0 Å². The van der Waals surface area contributed by atoms with Gasteiger partial charge in [-0.3, -0.25) is 0 Å². The fraction of sp³-hybridized carbons (Fsp3) is 0.846. The summed E-state index contributed by atoms with van der Waals surface area (Å²) in [5.74, 6) is 7.19. The Hall–Kier alpha value is -0.560. The minimum absolute atomic E-state index is 0.0327. The zero-order valence-corrected chi connectivity index (χ0v) is 9.65. The average Bonchev–Trinajstić information content (AvgIpc) is 2.28. The number of ether oxygens (including phenoxy) is 2. The molecule has 1 N–H and O–H groups in total. The van der Waals surface area contributed by atoms with E-state index in [-0.39, 0.29) is 6.29 Å². The molecular weight excluding hydrogens is 204 g/mol. The lowest BCUT2D eigenvalue weighted by molar-refractivity contribution is -0.154. The molecular formula is C13H20O3. The maximum absolute atomic E-state index is 8.86. The van der Waals surface area contributed by atoms with E-state index in [1.807, 2.05) is 0 Å². The fourth-order valence-corrected chi connectivity index (χ4v) is 2.17. The van der Waals surface area contributed by atoms with Crippen molar-refractivity contribution >= 4 is 0 Å². The van der Waals surface area contributed by atoms with E-state index in [0.717, 1.165) is 32.3 Å². The van der Waals surface area contributed by atoms with Crippen molar-refractivity contribution in [1.82, 2.24) is 0 Å². The normalized spacial score (nSPS) is 33.7. The summed E-state index contributed by atoms with van der Waals surface area (Å²) in [6.07, 6.45) is 5.40. The maximum Gasteiger partial charge on any atom is 0.158 e. The molecule has 1 aliphatic heterocycles. The van der Waals surface area contributed by atoms with Crippen molar-refractivity contribution < 1.29 is 14.6 Å². The fourth-order valence-electron chi connectivity index (χ4n) is 2.17. The van der Waals surface area contributed by atoms with Crippen LogP contribution in [0.3, 0.4) is 0 Å². The highest BCUT2D eigenvalue weighted by Crippen LogP contribution is 2.32. The summed E-state index contributed by atoms with van der Waals surface area (Å²) >= 11 is 0. The molecule has 0 aromatic carbocycles. The molecule has 0 aromatic rings. The van der Waals surface area contributed by atoms with Crippen LogP contribution in [0.2, 0.25) is 0 Å². The zero-order chi connectivity index (χ0) is 11.2. The van der Waals surface area contributed by atoms with Gasteiger partial charge in [-0.15, -0.1) is 0 Å². The first kappa shape index (κ1) is 11.9. The number of hydrogen-bond donors (Lipinski definition) is 1. The van der Waals surface area contributed by atoms with E-state index in [4.69, 9.17) is 14.6 Å². The number of hydrogen-bond acceptors (Lipinski definition) is 3. The number of rotatable bonds is 3. The van der Waals surface area contributed by atoms with Crippen LogP contribution in [-0.4, -0.2) is 31.2 Å². The van der Waals surface area contributed by atoms with Crippen LogP contribution in [0.4, 0.5) is 0 Å². The van der Waals surface area contributed by atoms with Crippen LogP contribution in [-0.2, 0) is 9.47 Å². The smallest absolute Gasteiger partial charge is 0.158 e. The minimum atomic E-state index is -0.0327. The molecule has 2 rings (SSSR count). The van der Waals surface area contributed by atoms with Gasteiger partial charge >= 0.3 is 0 Å². The molecule has 3 heteroatoms. The van der Waals surface area contributed by atoms with Crippen LogP contribution in [0.15, 0.2) is 0 Å². The second-order valence-electron chi connectivity index (χ2n) is 4.65. The van der Waals surface area contributed by atoms with Crippen molar-refractivity contribution in [2.75, 3.05) is 19.8 Å². The summed E-state index contributed by atoms with van der Waals surface area (Å²) in [5, 5.41) is 8.86. The van der Waals surface area contributed by atoms with Gasteiger partial charge < -0.3 is 14.6 Å². The molecule has 0 amide bonds. The summed E-state index contributed by atoms with van der Waals surface area (Å²) in [4.78, 5) is 0. The van der Waals surface area contributed by atoms with Crippen molar-refractivity contribution in [2.45, 2.75) is 38.4 Å². The largest absolute Gasteiger partial charge is 0.396 e. The number of aliphatic hydroxyl groups is 1. The third-order valence-electron chi connectivity index (χ3n) is 3.28. The van der Waals surface area contributed by atoms with Crippen molar-refractivity contribution in [2.24, 2.45) is 11.8 Å². The Balaban J connectivity index is 1.55. The first-order valence-electron chi connectivity index (χ1n) is 6.21. The van der Waals surface area contributed by atoms with Crippen LogP contribution >= 0.6 is 0 Å².